The molecule has 2 aliphatic rings. The average Bonchev–Trinajstić information content (AvgIpc) is 3.15. The molecule has 0 aliphatic carbocycles. The van der Waals surface area contributed by atoms with Crippen molar-refractivity contribution in [2.24, 2.45) is 11.8 Å². The first-order valence-corrected chi connectivity index (χ1v) is 8.04. The van der Waals surface area contributed by atoms with E-state index in [0.29, 0.717) is 37.3 Å². The lowest BCUT2D eigenvalue weighted by atomic mass is 10.0. The van der Waals surface area contributed by atoms with Crippen molar-refractivity contribution in [3.8, 4) is 11.5 Å². The minimum Gasteiger partial charge on any atom is -0.493 e. The quantitative estimate of drug-likeness (QED) is 0.644. The number of methoxy groups -OCH3 is 1. The predicted molar refractivity (Wildman–Crippen MR) is 86.6 cm³/mol. The smallest absolute Gasteiger partial charge is 0.286 e. The Bertz CT molecular complexity index is 651. The molecule has 2 aliphatic heterocycles. The molecule has 1 amide bonds. The SMILES string of the molecule is CCOc1cc(C(=O)N2C[C@H]3CNC[C@H]3C2)c([N+](=O)[O-])cc1OC. The van der Waals surface area contributed by atoms with E-state index in [2.05, 4.69) is 5.32 Å². The molecule has 0 saturated carbocycles. The highest BCUT2D eigenvalue weighted by Gasteiger charge is 2.40. The standard InChI is InChI=1S/C16H21N3O5/c1-3-24-15-4-12(13(19(21)22)5-14(15)23-2)16(20)18-8-10-6-17-7-11(10)9-18/h4-5,10-11,17H,3,6-9H2,1-2H3/t10-,11+. The maximum absolute atomic E-state index is 12.9. The van der Waals surface area contributed by atoms with Crippen LogP contribution in [0.25, 0.3) is 0 Å². The van der Waals surface area contributed by atoms with Crippen molar-refractivity contribution in [2.75, 3.05) is 39.9 Å². The summed E-state index contributed by atoms with van der Waals surface area (Å²) in [7, 11) is 1.41. The van der Waals surface area contributed by atoms with E-state index < -0.39 is 4.92 Å². The summed E-state index contributed by atoms with van der Waals surface area (Å²) in [6.07, 6.45) is 0. The second-order valence-corrected chi connectivity index (χ2v) is 6.10. The van der Waals surface area contributed by atoms with Gasteiger partial charge in [-0.15, -0.1) is 0 Å². The van der Waals surface area contributed by atoms with Gasteiger partial charge in [0.15, 0.2) is 11.5 Å². The van der Waals surface area contributed by atoms with Crippen LogP contribution in [0.4, 0.5) is 5.69 Å². The first-order chi connectivity index (χ1) is 11.5. The van der Waals surface area contributed by atoms with Crippen LogP contribution in [0.2, 0.25) is 0 Å². The maximum atomic E-state index is 12.9. The number of nitro benzene ring substituents is 1. The Hall–Kier alpha value is -2.35. The molecular weight excluding hydrogens is 314 g/mol. The molecule has 2 saturated heterocycles. The molecule has 2 atom stereocenters. The van der Waals surface area contributed by atoms with Gasteiger partial charge < -0.3 is 19.7 Å². The molecular formula is C16H21N3O5. The number of carbonyl (C=O) groups excluding carboxylic acids is 1. The van der Waals surface area contributed by atoms with E-state index in [4.69, 9.17) is 9.47 Å². The second kappa shape index (κ2) is 6.64. The number of nitrogens with zero attached hydrogens (tertiary/aromatic N) is 2. The van der Waals surface area contributed by atoms with E-state index in [1.165, 1.54) is 19.2 Å². The van der Waals surface area contributed by atoms with Crippen LogP contribution < -0.4 is 14.8 Å². The van der Waals surface area contributed by atoms with Gasteiger partial charge in [0.2, 0.25) is 0 Å². The number of likely N-dealkylation sites (tertiary alicyclic amines) is 1. The van der Waals surface area contributed by atoms with Gasteiger partial charge in [0.25, 0.3) is 11.6 Å². The van der Waals surface area contributed by atoms with Gasteiger partial charge in [-0.3, -0.25) is 14.9 Å². The van der Waals surface area contributed by atoms with Gasteiger partial charge in [0.1, 0.15) is 5.56 Å². The molecule has 1 N–H and O–H groups in total. The summed E-state index contributed by atoms with van der Waals surface area (Å²) >= 11 is 0. The number of fused-ring (bicyclic) bond motifs is 1. The number of nitrogens with one attached hydrogen (secondary N) is 1. The zero-order valence-corrected chi connectivity index (χ0v) is 13.8. The van der Waals surface area contributed by atoms with Gasteiger partial charge >= 0.3 is 0 Å². The topological polar surface area (TPSA) is 93.9 Å². The molecule has 0 spiro atoms. The van der Waals surface area contributed by atoms with Crippen molar-refractivity contribution in [1.82, 2.24) is 10.2 Å². The van der Waals surface area contributed by atoms with E-state index in [1.807, 2.05) is 0 Å². The molecule has 8 heteroatoms. The predicted octanol–water partition coefficient (Wildman–Crippen LogP) is 1.29. The lowest BCUT2D eigenvalue weighted by Gasteiger charge is -2.18. The second-order valence-electron chi connectivity index (χ2n) is 6.10. The first-order valence-electron chi connectivity index (χ1n) is 8.04. The fraction of sp³-hybridized carbons (Fsp3) is 0.562. The molecule has 24 heavy (non-hydrogen) atoms. The lowest BCUT2D eigenvalue weighted by molar-refractivity contribution is -0.385. The maximum Gasteiger partial charge on any atom is 0.286 e. The highest BCUT2D eigenvalue weighted by molar-refractivity contribution is 5.99. The number of nitro groups is 1. The third-order valence-corrected chi connectivity index (χ3v) is 4.69. The Morgan fingerprint density at radius 3 is 2.54 bits per heavy atom. The van der Waals surface area contributed by atoms with Crippen LogP contribution in [0.1, 0.15) is 17.3 Å². The monoisotopic (exact) mass is 335 g/mol. The van der Waals surface area contributed by atoms with E-state index in [9.17, 15) is 14.9 Å². The van der Waals surface area contributed by atoms with Gasteiger partial charge in [-0.25, -0.2) is 0 Å². The van der Waals surface area contributed by atoms with E-state index >= 15 is 0 Å². The summed E-state index contributed by atoms with van der Waals surface area (Å²) in [5, 5.41) is 14.7. The molecule has 0 radical (unpaired) electrons. The number of benzene rings is 1. The van der Waals surface area contributed by atoms with Gasteiger partial charge in [-0.1, -0.05) is 0 Å². The van der Waals surface area contributed by atoms with Crippen LogP contribution in [-0.2, 0) is 0 Å². The highest BCUT2D eigenvalue weighted by Crippen LogP contribution is 2.36. The van der Waals surface area contributed by atoms with E-state index in [-0.39, 0.29) is 22.9 Å². The van der Waals surface area contributed by atoms with Crippen molar-refractivity contribution in [3.05, 3.63) is 27.8 Å². The Balaban J connectivity index is 1.94. The lowest BCUT2D eigenvalue weighted by Crippen LogP contribution is -2.32. The molecule has 2 heterocycles. The molecule has 8 nitrogen and oxygen atoms in total. The Morgan fingerprint density at radius 1 is 1.33 bits per heavy atom. The van der Waals surface area contributed by atoms with Gasteiger partial charge in [-0.2, -0.15) is 0 Å². The molecule has 0 bridgehead atoms. The van der Waals surface area contributed by atoms with Crippen LogP contribution in [0.15, 0.2) is 12.1 Å². The molecule has 2 fully saturated rings. The minimum atomic E-state index is -0.552. The zero-order valence-electron chi connectivity index (χ0n) is 13.8. The molecule has 0 unspecified atom stereocenters. The summed E-state index contributed by atoms with van der Waals surface area (Å²) in [6.45, 7) is 5.22. The number of hydrogen-bond acceptors (Lipinski definition) is 6. The highest BCUT2D eigenvalue weighted by atomic mass is 16.6. The van der Waals surface area contributed by atoms with Crippen molar-refractivity contribution >= 4 is 11.6 Å². The van der Waals surface area contributed by atoms with Crippen LogP contribution in [0, 0.1) is 22.0 Å². The number of rotatable bonds is 5. The summed E-state index contributed by atoms with van der Waals surface area (Å²) in [5.74, 6) is 1.13. The van der Waals surface area contributed by atoms with Crippen LogP contribution in [0.3, 0.4) is 0 Å². The number of carbonyl (C=O) groups is 1. The number of hydrogen-bond donors (Lipinski definition) is 1. The van der Waals surface area contributed by atoms with Crippen LogP contribution >= 0.6 is 0 Å². The van der Waals surface area contributed by atoms with Crippen LogP contribution in [0.5, 0.6) is 11.5 Å². The Morgan fingerprint density at radius 2 is 2.00 bits per heavy atom. The van der Waals surface area contributed by atoms with E-state index in [0.717, 1.165) is 13.1 Å². The summed E-state index contributed by atoms with van der Waals surface area (Å²) < 4.78 is 10.6. The molecule has 3 rings (SSSR count). The van der Waals surface area contributed by atoms with Gasteiger partial charge in [0.05, 0.1) is 24.7 Å². The first kappa shape index (κ1) is 16.5. The Kier molecular flexibility index (Phi) is 4.57. The average molecular weight is 335 g/mol. The normalized spacial score (nSPS) is 22.3. The summed E-state index contributed by atoms with van der Waals surface area (Å²) in [4.78, 5) is 25.4. The fourth-order valence-electron chi connectivity index (χ4n) is 3.49. The molecule has 0 aromatic heterocycles. The van der Waals surface area contributed by atoms with Crippen LogP contribution in [-0.4, -0.2) is 55.6 Å². The largest absolute Gasteiger partial charge is 0.493 e. The van der Waals surface area contributed by atoms with Gasteiger partial charge in [0, 0.05) is 32.2 Å². The molecule has 1 aromatic carbocycles. The fourth-order valence-corrected chi connectivity index (χ4v) is 3.49. The minimum absolute atomic E-state index is 0.0529. The van der Waals surface area contributed by atoms with Crippen molar-refractivity contribution < 1.29 is 19.2 Å². The summed E-state index contributed by atoms with van der Waals surface area (Å²) in [5.41, 5.74) is -0.201. The van der Waals surface area contributed by atoms with Gasteiger partial charge in [-0.05, 0) is 18.8 Å². The molecule has 130 valence electrons. The third-order valence-electron chi connectivity index (χ3n) is 4.69. The van der Waals surface area contributed by atoms with Crippen molar-refractivity contribution in [1.29, 1.82) is 0 Å². The number of amides is 1. The third kappa shape index (κ3) is 2.89. The number of ether oxygens (including phenoxy) is 2. The Labute approximate surface area is 139 Å². The summed E-state index contributed by atoms with van der Waals surface area (Å²) in [6, 6.07) is 2.69. The van der Waals surface area contributed by atoms with Crippen molar-refractivity contribution in [3.63, 3.8) is 0 Å². The van der Waals surface area contributed by atoms with Crippen molar-refractivity contribution in [2.45, 2.75) is 6.92 Å². The van der Waals surface area contributed by atoms with E-state index in [1.54, 1.807) is 11.8 Å². The zero-order chi connectivity index (χ0) is 17.3. The molecule has 1 aromatic rings.